The standard InChI is InChI=1S/C11H9BrF3NO2/c12-6-1-4-8(10(17)16-7-2-3-7)9(5-6)18-11(13,14)15/h1,4-5,7H,2-3H2,(H,16,17). The number of hydrogen-bond donors (Lipinski definition) is 1. The molecular formula is C11H9BrF3NO2. The average Bonchev–Trinajstić information content (AvgIpc) is 2.98. The molecule has 0 aromatic heterocycles. The third-order valence-corrected chi connectivity index (χ3v) is 2.82. The van der Waals surface area contributed by atoms with Crippen LogP contribution in [-0.2, 0) is 0 Å². The molecule has 0 atom stereocenters. The number of halogens is 4. The number of alkyl halides is 3. The van der Waals surface area contributed by atoms with Crippen molar-refractivity contribution in [1.82, 2.24) is 5.32 Å². The first-order valence-electron chi connectivity index (χ1n) is 5.21. The Morgan fingerprint density at radius 3 is 2.61 bits per heavy atom. The van der Waals surface area contributed by atoms with E-state index >= 15 is 0 Å². The molecule has 1 saturated carbocycles. The summed E-state index contributed by atoms with van der Waals surface area (Å²) in [7, 11) is 0. The summed E-state index contributed by atoms with van der Waals surface area (Å²) in [5.74, 6) is -1.06. The molecule has 98 valence electrons. The maximum atomic E-state index is 12.2. The van der Waals surface area contributed by atoms with Crippen molar-refractivity contribution in [1.29, 1.82) is 0 Å². The lowest BCUT2D eigenvalue weighted by Gasteiger charge is -2.13. The third-order valence-electron chi connectivity index (χ3n) is 2.33. The first kappa shape index (κ1) is 13.2. The zero-order chi connectivity index (χ0) is 13.3. The molecular weight excluding hydrogens is 315 g/mol. The van der Waals surface area contributed by atoms with Crippen LogP contribution in [-0.4, -0.2) is 18.3 Å². The van der Waals surface area contributed by atoms with Crippen LogP contribution in [0.25, 0.3) is 0 Å². The molecule has 0 heterocycles. The van der Waals surface area contributed by atoms with Gasteiger partial charge in [0.2, 0.25) is 0 Å². The number of rotatable bonds is 3. The first-order valence-corrected chi connectivity index (χ1v) is 6.00. The van der Waals surface area contributed by atoms with E-state index in [1.54, 1.807) is 0 Å². The number of hydrogen-bond acceptors (Lipinski definition) is 2. The van der Waals surface area contributed by atoms with Gasteiger partial charge in [0.1, 0.15) is 5.75 Å². The van der Waals surface area contributed by atoms with Gasteiger partial charge < -0.3 is 10.1 Å². The zero-order valence-electron chi connectivity index (χ0n) is 9.05. The van der Waals surface area contributed by atoms with Gasteiger partial charge in [-0.3, -0.25) is 4.79 Å². The quantitative estimate of drug-likeness (QED) is 0.927. The van der Waals surface area contributed by atoms with E-state index in [-0.39, 0.29) is 11.6 Å². The fraction of sp³-hybridized carbons (Fsp3) is 0.364. The van der Waals surface area contributed by atoms with Gasteiger partial charge in [-0.2, -0.15) is 0 Å². The highest BCUT2D eigenvalue weighted by Crippen LogP contribution is 2.30. The summed E-state index contributed by atoms with van der Waals surface area (Å²) in [6.07, 6.45) is -3.11. The summed E-state index contributed by atoms with van der Waals surface area (Å²) in [6.45, 7) is 0. The van der Waals surface area contributed by atoms with Crippen LogP contribution >= 0.6 is 15.9 Å². The highest BCUT2D eigenvalue weighted by atomic mass is 79.9. The van der Waals surface area contributed by atoms with Gasteiger partial charge in [0.05, 0.1) is 5.56 Å². The number of carbonyl (C=O) groups is 1. The Hall–Kier alpha value is -1.24. The Kier molecular flexibility index (Phi) is 3.52. The minimum Gasteiger partial charge on any atom is -0.405 e. The molecule has 1 aromatic rings. The van der Waals surface area contributed by atoms with Gasteiger partial charge >= 0.3 is 6.36 Å². The van der Waals surface area contributed by atoms with Gasteiger partial charge in [0.25, 0.3) is 5.91 Å². The average molecular weight is 324 g/mol. The molecule has 0 aliphatic heterocycles. The SMILES string of the molecule is O=C(NC1CC1)c1ccc(Br)cc1OC(F)(F)F. The minimum absolute atomic E-state index is 0.0693. The first-order chi connectivity index (χ1) is 8.35. The topological polar surface area (TPSA) is 38.3 Å². The van der Waals surface area contributed by atoms with E-state index in [9.17, 15) is 18.0 Å². The maximum Gasteiger partial charge on any atom is 0.573 e. The second kappa shape index (κ2) is 4.79. The molecule has 1 aliphatic carbocycles. The summed E-state index contributed by atoms with van der Waals surface area (Å²) in [5.41, 5.74) is -0.123. The van der Waals surface area contributed by atoms with E-state index in [2.05, 4.69) is 26.0 Å². The van der Waals surface area contributed by atoms with Crippen molar-refractivity contribution < 1.29 is 22.7 Å². The zero-order valence-corrected chi connectivity index (χ0v) is 10.6. The monoisotopic (exact) mass is 323 g/mol. The van der Waals surface area contributed by atoms with Gasteiger partial charge in [-0.25, -0.2) is 0 Å². The summed E-state index contributed by atoms with van der Waals surface area (Å²) in [4.78, 5) is 11.7. The molecule has 1 N–H and O–H groups in total. The Morgan fingerprint density at radius 1 is 1.39 bits per heavy atom. The van der Waals surface area contributed by atoms with Crippen LogP contribution in [0.2, 0.25) is 0 Å². The lowest BCUT2D eigenvalue weighted by molar-refractivity contribution is -0.274. The number of amides is 1. The molecule has 18 heavy (non-hydrogen) atoms. The Labute approximate surface area is 109 Å². The van der Waals surface area contributed by atoms with E-state index in [0.29, 0.717) is 4.47 Å². The summed E-state index contributed by atoms with van der Waals surface area (Å²) >= 11 is 3.04. The number of ether oxygens (including phenoxy) is 1. The van der Waals surface area contributed by atoms with Crippen LogP contribution in [0.3, 0.4) is 0 Å². The lowest BCUT2D eigenvalue weighted by Crippen LogP contribution is -2.27. The van der Waals surface area contributed by atoms with E-state index in [1.807, 2.05) is 0 Å². The summed E-state index contributed by atoms with van der Waals surface area (Å²) < 4.78 is 40.9. The predicted octanol–water partition coefficient (Wildman–Crippen LogP) is 3.24. The van der Waals surface area contributed by atoms with Crippen molar-refractivity contribution in [2.45, 2.75) is 25.2 Å². The highest BCUT2D eigenvalue weighted by Gasteiger charge is 2.33. The van der Waals surface area contributed by atoms with Crippen LogP contribution in [0.4, 0.5) is 13.2 Å². The summed E-state index contributed by atoms with van der Waals surface area (Å²) in [6, 6.07) is 3.98. The van der Waals surface area contributed by atoms with Gasteiger partial charge in [-0.1, -0.05) is 15.9 Å². The van der Waals surface area contributed by atoms with E-state index in [0.717, 1.165) is 18.9 Å². The van der Waals surface area contributed by atoms with Crippen LogP contribution in [0.5, 0.6) is 5.75 Å². The molecule has 0 bridgehead atoms. The number of nitrogens with one attached hydrogen (secondary N) is 1. The molecule has 3 nitrogen and oxygen atoms in total. The van der Waals surface area contributed by atoms with E-state index < -0.39 is 18.0 Å². The molecule has 0 spiro atoms. The van der Waals surface area contributed by atoms with E-state index in [4.69, 9.17) is 0 Å². The Balaban J connectivity index is 2.24. The maximum absolute atomic E-state index is 12.2. The lowest BCUT2D eigenvalue weighted by atomic mass is 10.2. The van der Waals surface area contributed by atoms with Crippen molar-refractivity contribution in [2.24, 2.45) is 0 Å². The van der Waals surface area contributed by atoms with Crippen molar-refractivity contribution in [3.8, 4) is 5.75 Å². The predicted molar refractivity (Wildman–Crippen MR) is 61.3 cm³/mol. The van der Waals surface area contributed by atoms with Crippen molar-refractivity contribution in [3.63, 3.8) is 0 Å². The highest BCUT2D eigenvalue weighted by molar-refractivity contribution is 9.10. The van der Waals surface area contributed by atoms with Crippen molar-refractivity contribution >= 4 is 21.8 Å². The second-order valence-corrected chi connectivity index (χ2v) is 4.85. The smallest absolute Gasteiger partial charge is 0.405 e. The van der Waals surface area contributed by atoms with Crippen molar-refractivity contribution in [3.05, 3.63) is 28.2 Å². The Bertz CT molecular complexity index is 472. The van der Waals surface area contributed by atoms with Gasteiger partial charge in [-0.05, 0) is 31.0 Å². The number of carbonyl (C=O) groups excluding carboxylic acids is 1. The van der Waals surface area contributed by atoms with Crippen LogP contribution in [0.1, 0.15) is 23.2 Å². The van der Waals surface area contributed by atoms with Crippen LogP contribution < -0.4 is 10.1 Å². The minimum atomic E-state index is -4.82. The van der Waals surface area contributed by atoms with Crippen LogP contribution in [0, 0.1) is 0 Å². The molecule has 0 saturated heterocycles. The summed E-state index contributed by atoms with van der Waals surface area (Å²) in [5, 5.41) is 2.61. The normalized spacial score (nSPS) is 15.3. The fourth-order valence-electron chi connectivity index (χ4n) is 1.38. The van der Waals surface area contributed by atoms with E-state index in [1.165, 1.54) is 12.1 Å². The molecule has 1 amide bonds. The molecule has 1 aliphatic rings. The molecule has 0 unspecified atom stereocenters. The Morgan fingerprint density at radius 2 is 2.06 bits per heavy atom. The van der Waals surface area contributed by atoms with Crippen LogP contribution in [0.15, 0.2) is 22.7 Å². The fourth-order valence-corrected chi connectivity index (χ4v) is 1.72. The third kappa shape index (κ3) is 3.63. The second-order valence-electron chi connectivity index (χ2n) is 3.94. The molecule has 1 aromatic carbocycles. The van der Waals surface area contributed by atoms with Crippen molar-refractivity contribution in [2.75, 3.05) is 0 Å². The van der Waals surface area contributed by atoms with Gasteiger partial charge in [0.15, 0.2) is 0 Å². The number of benzene rings is 1. The van der Waals surface area contributed by atoms with Gasteiger partial charge in [0, 0.05) is 10.5 Å². The molecule has 2 rings (SSSR count). The largest absolute Gasteiger partial charge is 0.573 e. The molecule has 0 radical (unpaired) electrons. The van der Waals surface area contributed by atoms with Gasteiger partial charge in [-0.15, -0.1) is 13.2 Å². The molecule has 7 heteroatoms. The molecule has 1 fully saturated rings.